The van der Waals surface area contributed by atoms with Crippen molar-refractivity contribution in [2.24, 2.45) is 0 Å². The third-order valence-electron chi connectivity index (χ3n) is 4.50. The molecule has 0 fully saturated rings. The van der Waals surface area contributed by atoms with Crippen molar-refractivity contribution >= 4 is 17.0 Å². The van der Waals surface area contributed by atoms with Gasteiger partial charge in [0.15, 0.2) is 5.76 Å². The van der Waals surface area contributed by atoms with Gasteiger partial charge in [-0.05, 0) is 56.2 Å². The van der Waals surface area contributed by atoms with Gasteiger partial charge in [-0.25, -0.2) is 4.98 Å². The van der Waals surface area contributed by atoms with Crippen molar-refractivity contribution in [3.8, 4) is 17.2 Å². The Labute approximate surface area is 167 Å². The zero-order valence-corrected chi connectivity index (χ0v) is 16.3. The van der Waals surface area contributed by atoms with E-state index in [-0.39, 0.29) is 5.91 Å². The van der Waals surface area contributed by atoms with Gasteiger partial charge >= 0.3 is 0 Å². The molecule has 4 rings (SSSR count). The van der Waals surface area contributed by atoms with E-state index in [9.17, 15) is 4.79 Å². The highest BCUT2D eigenvalue weighted by molar-refractivity contribution is 6.06. The monoisotopic (exact) mass is 391 g/mol. The number of ether oxygens (including phenoxy) is 1. The second-order valence-electron chi connectivity index (χ2n) is 6.75. The van der Waals surface area contributed by atoms with Crippen LogP contribution in [-0.2, 0) is 0 Å². The van der Waals surface area contributed by atoms with Crippen LogP contribution in [0, 0.1) is 13.8 Å². The maximum atomic E-state index is 12.8. The number of hydrogen-bond acceptors (Lipinski definition) is 6. The number of rotatable bonds is 7. The number of aryl methyl sites for hydroxylation is 2. The van der Waals surface area contributed by atoms with Crippen molar-refractivity contribution in [3.63, 3.8) is 0 Å². The molecule has 0 radical (unpaired) electrons. The molecule has 0 saturated carbocycles. The highest BCUT2D eigenvalue weighted by Gasteiger charge is 2.19. The molecular formula is C22H21N3O4. The average molecular weight is 391 g/mol. The summed E-state index contributed by atoms with van der Waals surface area (Å²) < 4.78 is 16.4. The van der Waals surface area contributed by atoms with Gasteiger partial charge in [-0.3, -0.25) is 4.79 Å². The number of carbonyl (C=O) groups excluding carboxylic acids is 1. The molecule has 0 spiro atoms. The van der Waals surface area contributed by atoms with Crippen LogP contribution in [0.4, 0.5) is 0 Å². The standard InChI is InChI=1S/C22H21N3O4/c1-14-6-3-7-16(12-14)27-11-5-9-23-21(26)17-13-18(19-8-4-10-28-19)24-22-20(17)15(2)25-29-22/h3-4,6-8,10,12-13H,5,9,11H2,1-2H3,(H,23,26). The van der Waals surface area contributed by atoms with Crippen molar-refractivity contribution < 1.29 is 18.5 Å². The predicted molar refractivity (Wildman–Crippen MR) is 108 cm³/mol. The highest BCUT2D eigenvalue weighted by Crippen LogP contribution is 2.27. The molecule has 0 unspecified atom stereocenters. The Kier molecular flexibility index (Phi) is 5.29. The van der Waals surface area contributed by atoms with Crippen molar-refractivity contribution in [1.29, 1.82) is 0 Å². The first-order valence-electron chi connectivity index (χ1n) is 9.40. The lowest BCUT2D eigenvalue weighted by Crippen LogP contribution is -2.26. The average Bonchev–Trinajstić information content (AvgIpc) is 3.37. The minimum Gasteiger partial charge on any atom is -0.494 e. The molecule has 1 amide bonds. The van der Waals surface area contributed by atoms with Gasteiger partial charge in [0, 0.05) is 6.54 Å². The van der Waals surface area contributed by atoms with Gasteiger partial charge in [0.25, 0.3) is 11.6 Å². The van der Waals surface area contributed by atoms with Gasteiger partial charge in [-0.1, -0.05) is 17.3 Å². The minimum absolute atomic E-state index is 0.216. The zero-order chi connectivity index (χ0) is 20.2. The zero-order valence-electron chi connectivity index (χ0n) is 16.3. The summed E-state index contributed by atoms with van der Waals surface area (Å²) in [5.74, 6) is 1.17. The highest BCUT2D eigenvalue weighted by atomic mass is 16.5. The van der Waals surface area contributed by atoms with E-state index < -0.39 is 0 Å². The van der Waals surface area contributed by atoms with Gasteiger partial charge in [0.2, 0.25) is 0 Å². The first kappa shape index (κ1) is 18.7. The van der Waals surface area contributed by atoms with Crippen LogP contribution in [0.15, 0.2) is 57.7 Å². The molecule has 4 aromatic rings. The molecule has 0 aliphatic rings. The van der Waals surface area contributed by atoms with Crippen LogP contribution < -0.4 is 10.1 Å². The fraction of sp³-hybridized carbons (Fsp3) is 0.227. The molecule has 0 aliphatic carbocycles. The van der Waals surface area contributed by atoms with E-state index >= 15 is 0 Å². The van der Waals surface area contributed by atoms with Crippen molar-refractivity contribution in [1.82, 2.24) is 15.5 Å². The van der Waals surface area contributed by atoms with Gasteiger partial charge in [-0.2, -0.15) is 0 Å². The number of fused-ring (bicyclic) bond motifs is 1. The second-order valence-corrected chi connectivity index (χ2v) is 6.75. The van der Waals surface area contributed by atoms with Crippen LogP contribution in [0.3, 0.4) is 0 Å². The molecule has 29 heavy (non-hydrogen) atoms. The number of carbonyl (C=O) groups is 1. The van der Waals surface area contributed by atoms with Crippen LogP contribution in [0.25, 0.3) is 22.6 Å². The molecule has 3 heterocycles. The lowest BCUT2D eigenvalue weighted by molar-refractivity contribution is 0.0953. The molecule has 7 nitrogen and oxygen atoms in total. The van der Waals surface area contributed by atoms with Crippen LogP contribution in [0.1, 0.15) is 28.0 Å². The normalized spacial score (nSPS) is 11.0. The van der Waals surface area contributed by atoms with Crippen molar-refractivity contribution in [2.75, 3.05) is 13.2 Å². The molecule has 1 N–H and O–H groups in total. The Balaban J connectivity index is 1.43. The molecular weight excluding hydrogens is 370 g/mol. The molecule has 0 bridgehead atoms. The van der Waals surface area contributed by atoms with E-state index in [2.05, 4.69) is 15.5 Å². The van der Waals surface area contributed by atoms with E-state index in [1.165, 1.54) is 0 Å². The summed E-state index contributed by atoms with van der Waals surface area (Å²) in [4.78, 5) is 17.2. The van der Waals surface area contributed by atoms with Crippen LogP contribution >= 0.6 is 0 Å². The number of aromatic nitrogens is 2. The summed E-state index contributed by atoms with van der Waals surface area (Å²) in [5.41, 5.74) is 3.05. The number of benzene rings is 1. The Hall–Kier alpha value is -3.61. The first-order chi connectivity index (χ1) is 14.1. The third-order valence-corrected chi connectivity index (χ3v) is 4.50. The maximum absolute atomic E-state index is 12.8. The van der Waals surface area contributed by atoms with Crippen LogP contribution in [0.2, 0.25) is 0 Å². The van der Waals surface area contributed by atoms with E-state index in [1.807, 2.05) is 31.2 Å². The number of amides is 1. The molecule has 7 heteroatoms. The number of nitrogens with one attached hydrogen (secondary N) is 1. The molecule has 3 aromatic heterocycles. The Bertz CT molecular complexity index is 1130. The number of hydrogen-bond donors (Lipinski definition) is 1. The van der Waals surface area contributed by atoms with Crippen molar-refractivity contribution in [3.05, 3.63) is 65.5 Å². The quantitative estimate of drug-likeness (QED) is 0.473. The smallest absolute Gasteiger partial charge is 0.259 e. The third kappa shape index (κ3) is 4.13. The Morgan fingerprint density at radius 1 is 1.17 bits per heavy atom. The summed E-state index contributed by atoms with van der Waals surface area (Å²) in [6.45, 7) is 4.80. The predicted octanol–water partition coefficient (Wildman–Crippen LogP) is 4.30. The van der Waals surface area contributed by atoms with E-state index in [0.29, 0.717) is 53.4 Å². The minimum atomic E-state index is -0.216. The van der Waals surface area contributed by atoms with Gasteiger partial charge in [0.1, 0.15) is 11.4 Å². The topological polar surface area (TPSA) is 90.4 Å². The van der Waals surface area contributed by atoms with Gasteiger partial charge in [-0.15, -0.1) is 0 Å². The van der Waals surface area contributed by atoms with E-state index in [0.717, 1.165) is 11.3 Å². The summed E-state index contributed by atoms with van der Waals surface area (Å²) in [6.07, 6.45) is 2.24. The fourth-order valence-corrected chi connectivity index (χ4v) is 3.09. The molecule has 0 saturated heterocycles. The number of nitrogens with zero attached hydrogens (tertiary/aromatic N) is 2. The largest absolute Gasteiger partial charge is 0.494 e. The summed E-state index contributed by atoms with van der Waals surface area (Å²) >= 11 is 0. The van der Waals surface area contributed by atoms with Crippen LogP contribution in [0.5, 0.6) is 5.75 Å². The number of furan rings is 1. The molecule has 148 valence electrons. The lowest BCUT2D eigenvalue weighted by Gasteiger charge is -2.09. The van der Waals surface area contributed by atoms with Crippen LogP contribution in [-0.4, -0.2) is 29.2 Å². The Morgan fingerprint density at radius 2 is 2.07 bits per heavy atom. The lowest BCUT2D eigenvalue weighted by atomic mass is 10.1. The Morgan fingerprint density at radius 3 is 2.86 bits per heavy atom. The van der Waals surface area contributed by atoms with E-state index in [4.69, 9.17) is 13.7 Å². The van der Waals surface area contributed by atoms with E-state index in [1.54, 1.807) is 31.4 Å². The molecule has 0 aliphatic heterocycles. The van der Waals surface area contributed by atoms with Gasteiger partial charge < -0.3 is 19.0 Å². The van der Waals surface area contributed by atoms with Gasteiger partial charge in [0.05, 0.1) is 29.5 Å². The summed E-state index contributed by atoms with van der Waals surface area (Å²) in [7, 11) is 0. The van der Waals surface area contributed by atoms with Crippen molar-refractivity contribution in [2.45, 2.75) is 20.3 Å². The second kappa shape index (κ2) is 8.18. The summed E-state index contributed by atoms with van der Waals surface area (Å²) in [6, 6.07) is 13.1. The molecule has 0 atom stereocenters. The fourth-order valence-electron chi connectivity index (χ4n) is 3.09. The molecule has 1 aromatic carbocycles. The number of pyridine rings is 1. The summed E-state index contributed by atoms with van der Waals surface area (Å²) in [5, 5.41) is 7.48. The first-order valence-corrected chi connectivity index (χ1v) is 9.40. The maximum Gasteiger partial charge on any atom is 0.259 e. The SMILES string of the molecule is Cc1cccc(OCCCNC(=O)c2cc(-c3ccco3)nc3onc(C)c23)c1.